The topological polar surface area (TPSA) is 98.7 Å². The molecule has 0 aromatic carbocycles. The molecule has 0 spiro atoms. The first-order valence-electron chi connectivity index (χ1n) is 5.36. The number of carboxylic acids is 1. The molecule has 0 radical (unpaired) electrons. The Kier molecular flexibility index (Phi) is 3.59. The second kappa shape index (κ2) is 4.60. The van der Waals surface area contributed by atoms with Crippen LogP contribution < -0.4 is 10.6 Å². The lowest BCUT2D eigenvalue weighted by Crippen LogP contribution is -2.66. The number of carboxylic acid groups (broad SMARTS) is 1. The van der Waals surface area contributed by atoms with Crippen LogP contribution in [0.3, 0.4) is 0 Å². The predicted octanol–water partition coefficient (Wildman–Crippen LogP) is -0.620. The van der Waals surface area contributed by atoms with Crippen LogP contribution in [0.1, 0.15) is 20.8 Å². The highest BCUT2D eigenvalue weighted by Crippen LogP contribution is 2.17. The van der Waals surface area contributed by atoms with Crippen LogP contribution in [0.4, 0.5) is 4.79 Å². The molecular formula is C10H17N3O4. The molecule has 1 rings (SSSR count). The summed E-state index contributed by atoms with van der Waals surface area (Å²) in [5, 5.41) is 13.7. The Morgan fingerprint density at radius 2 is 2.12 bits per heavy atom. The largest absolute Gasteiger partial charge is 0.480 e. The molecule has 1 saturated heterocycles. The number of hydrogen-bond donors (Lipinski definition) is 3. The van der Waals surface area contributed by atoms with Gasteiger partial charge in [-0.3, -0.25) is 9.59 Å². The Balaban J connectivity index is 2.74. The van der Waals surface area contributed by atoms with Crippen LogP contribution in [0.5, 0.6) is 0 Å². The normalized spacial score (nSPS) is 20.4. The van der Waals surface area contributed by atoms with Crippen molar-refractivity contribution in [3.05, 3.63) is 0 Å². The number of rotatable bonds is 2. The third-order valence-corrected chi connectivity index (χ3v) is 2.81. The number of urea groups is 1. The van der Waals surface area contributed by atoms with Gasteiger partial charge in [-0.25, -0.2) is 4.79 Å². The first kappa shape index (κ1) is 13.3. The average Bonchev–Trinajstić information content (AvgIpc) is 2.21. The maximum Gasteiger partial charge on any atom is 0.325 e. The van der Waals surface area contributed by atoms with Crippen molar-refractivity contribution in [1.29, 1.82) is 0 Å². The zero-order valence-electron chi connectivity index (χ0n) is 10.1. The summed E-state index contributed by atoms with van der Waals surface area (Å²) < 4.78 is 0. The van der Waals surface area contributed by atoms with Crippen LogP contribution >= 0.6 is 0 Å². The van der Waals surface area contributed by atoms with E-state index in [1.165, 1.54) is 11.8 Å². The van der Waals surface area contributed by atoms with Crippen LogP contribution in [0.2, 0.25) is 0 Å². The number of amides is 3. The van der Waals surface area contributed by atoms with Gasteiger partial charge in [0.25, 0.3) is 0 Å². The molecule has 0 unspecified atom stereocenters. The minimum absolute atomic E-state index is 0.248. The summed E-state index contributed by atoms with van der Waals surface area (Å²) in [6.07, 6.45) is 0. The molecule has 3 amide bonds. The fourth-order valence-electron chi connectivity index (χ4n) is 1.58. The van der Waals surface area contributed by atoms with Gasteiger partial charge in [-0.1, -0.05) is 0 Å². The van der Waals surface area contributed by atoms with Crippen molar-refractivity contribution in [1.82, 2.24) is 15.5 Å². The van der Waals surface area contributed by atoms with Gasteiger partial charge in [0.2, 0.25) is 5.91 Å². The molecule has 1 atom stereocenters. The van der Waals surface area contributed by atoms with Crippen LogP contribution in [0, 0.1) is 0 Å². The Hall–Kier alpha value is -1.79. The van der Waals surface area contributed by atoms with Crippen molar-refractivity contribution >= 4 is 17.9 Å². The zero-order valence-corrected chi connectivity index (χ0v) is 10.1. The molecule has 7 nitrogen and oxygen atoms in total. The van der Waals surface area contributed by atoms with Gasteiger partial charge in [-0.2, -0.15) is 0 Å². The highest BCUT2D eigenvalue weighted by atomic mass is 16.4. The zero-order chi connectivity index (χ0) is 13.2. The van der Waals surface area contributed by atoms with Gasteiger partial charge in [-0.15, -0.1) is 0 Å². The van der Waals surface area contributed by atoms with E-state index in [0.29, 0.717) is 13.1 Å². The SMILES string of the molecule is C[C@H](NC(=O)N1CCNC(=O)C1(C)C)C(=O)O. The highest BCUT2D eigenvalue weighted by molar-refractivity contribution is 5.92. The number of carbonyl (C=O) groups is 3. The number of nitrogens with zero attached hydrogens (tertiary/aromatic N) is 1. The molecule has 0 aromatic heterocycles. The van der Waals surface area contributed by atoms with E-state index in [1.54, 1.807) is 13.8 Å². The van der Waals surface area contributed by atoms with E-state index in [0.717, 1.165) is 0 Å². The lowest BCUT2D eigenvalue weighted by atomic mass is 9.99. The third-order valence-electron chi connectivity index (χ3n) is 2.81. The molecule has 0 saturated carbocycles. The van der Waals surface area contributed by atoms with E-state index in [1.807, 2.05) is 0 Å². The van der Waals surface area contributed by atoms with Crippen molar-refractivity contribution in [2.45, 2.75) is 32.4 Å². The summed E-state index contributed by atoms with van der Waals surface area (Å²) in [5.41, 5.74) is -0.972. The number of hydrogen-bond acceptors (Lipinski definition) is 3. The quantitative estimate of drug-likeness (QED) is 0.602. The monoisotopic (exact) mass is 243 g/mol. The standard InChI is InChI=1S/C10H17N3O4/c1-6(7(14)15)12-9(17)13-5-4-11-8(16)10(13,2)3/h6H,4-5H2,1-3H3,(H,11,16)(H,12,17)(H,14,15)/t6-/m0/s1. The molecule has 7 heteroatoms. The van der Waals surface area contributed by atoms with E-state index in [4.69, 9.17) is 5.11 Å². The first-order chi connectivity index (χ1) is 7.76. The number of nitrogens with one attached hydrogen (secondary N) is 2. The predicted molar refractivity (Wildman–Crippen MR) is 59.4 cm³/mol. The van der Waals surface area contributed by atoms with Gasteiger partial charge < -0.3 is 20.6 Å². The first-order valence-corrected chi connectivity index (χ1v) is 5.36. The molecule has 96 valence electrons. The summed E-state index contributed by atoms with van der Waals surface area (Å²) in [6.45, 7) is 5.34. The van der Waals surface area contributed by atoms with Crippen molar-refractivity contribution in [3.63, 3.8) is 0 Å². The van der Waals surface area contributed by atoms with E-state index >= 15 is 0 Å². The minimum atomic E-state index is -1.11. The molecule has 1 aliphatic heterocycles. The van der Waals surface area contributed by atoms with Crippen LogP contribution in [-0.4, -0.2) is 52.6 Å². The maximum atomic E-state index is 11.8. The maximum absolute atomic E-state index is 11.8. The number of piperazine rings is 1. The van der Waals surface area contributed by atoms with Crippen LogP contribution in [-0.2, 0) is 9.59 Å². The van der Waals surface area contributed by atoms with Gasteiger partial charge in [0.15, 0.2) is 0 Å². The summed E-state index contributed by atoms with van der Waals surface area (Å²) in [6, 6.07) is -1.52. The van der Waals surface area contributed by atoms with Gasteiger partial charge in [0.05, 0.1) is 0 Å². The molecule has 1 aliphatic rings. The summed E-state index contributed by atoms with van der Waals surface area (Å²) >= 11 is 0. The van der Waals surface area contributed by atoms with E-state index < -0.39 is 23.6 Å². The Bertz CT molecular complexity index is 353. The Labute approximate surface area is 99.2 Å². The van der Waals surface area contributed by atoms with Gasteiger partial charge >= 0.3 is 12.0 Å². The lowest BCUT2D eigenvalue weighted by molar-refractivity contribution is -0.138. The number of carbonyl (C=O) groups excluding carboxylic acids is 2. The molecular weight excluding hydrogens is 226 g/mol. The fourth-order valence-corrected chi connectivity index (χ4v) is 1.58. The molecule has 0 aliphatic carbocycles. The lowest BCUT2D eigenvalue weighted by Gasteiger charge is -2.41. The van der Waals surface area contributed by atoms with Crippen LogP contribution in [0.15, 0.2) is 0 Å². The van der Waals surface area contributed by atoms with Gasteiger partial charge in [0, 0.05) is 13.1 Å². The molecule has 0 aromatic rings. The third kappa shape index (κ3) is 2.66. The minimum Gasteiger partial charge on any atom is -0.480 e. The fraction of sp³-hybridized carbons (Fsp3) is 0.700. The van der Waals surface area contributed by atoms with Crippen molar-refractivity contribution < 1.29 is 19.5 Å². The molecule has 0 bridgehead atoms. The number of aliphatic carboxylic acids is 1. The smallest absolute Gasteiger partial charge is 0.325 e. The second-order valence-electron chi connectivity index (χ2n) is 4.48. The van der Waals surface area contributed by atoms with E-state index in [2.05, 4.69) is 10.6 Å². The van der Waals surface area contributed by atoms with E-state index in [9.17, 15) is 14.4 Å². The summed E-state index contributed by atoms with van der Waals surface area (Å²) in [7, 11) is 0. The second-order valence-corrected chi connectivity index (χ2v) is 4.48. The Morgan fingerprint density at radius 3 is 2.65 bits per heavy atom. The van der Waals surface area contributed by atoms with E-state index in [-0.39, 0.29) is 5.91 Å². The molecule has 17 heavy (non-hydrogen) atoms. The summed E-state index contributed by atoms with van der Waals surface area (Å²) in [5.74, 6) is -1.36. The van der Waals surface area contributed by atoms with Gasteiger partial charge in [0.1, 0.15) is 11.6 Å². The molecule has 1 fully saturated rings. The van der Waals surface area contributed by atoms with Gasteiger partial charge in [-0.05, 0) is 20.8 Å². The van der Waals surface area contributed by atoms with Crippen molar-refractivity contribution in [2.24, 2.45) is 0 Å². The molecule has 3 N–H and O–H groups in total. The summed E-state index contributed by atoms with van der Waals surface area (Å²) in [4.78, 5) is 35.4. The van der Waals surface area contributed by atoms with Crippen LogP contribution in [0.25, 0.3) is 0 Å². The van der Waals surface area contributed by atoms with Crippen molar-refractivity contribution in [3.8, 4) is 0 Å². The highest BCUT2D eigenvalue weighted by Gasteiger charge is 2.40. The Morgan fingerprint density at radius 1 is 1.53 bits per heavy atom. The average molecular weight is 243 g/mol. The molecule has 1 heterocycles. The van der Waals surface area contributed by atoms with Crippen molar-refractivity contribution in [2.75, 3.05) is 13.1 Å².